The second kappa shape index (κ2) is 18.5. The van der Waals surface area contributed by atoms with E-state index in [4.69, 9.17) is 4.74 Å². The molecule has 3 aromatic rings. The van der Waals surface area contributed by atoms with E-state index in [-0.39, 0.29) is 6.61 Å². The van der Waals surface area contributed by atoms with E-state index in [1.165, 1.54) is 76.2 Å². The smallest absolute Gasteiger partial charge is 0.159 e. The van der Waals surface area contributed by atoms with Crippen LogP contribution in [0.5, 0.6) is 5.75 Å². The predicted octanol–water partition coefficient (Wildman–Crippen LogP) is 10.6. The second-order valence-electron chi connectivity index (χ2n) is 10.9. The highest BCUT2D eigenvalue weighted by Crippen LogP contribution is 2.23. The van der Waals surface area contributed by atoms with Crippen LogP contribution in [-0.2, 0) is 6.42 Å². The number of aryl methyl sites for hydroxylation is 1. The van der Waals surface area contributed by atoms with Gasteiger partial charge in [0.2, 0.25) is 0 Å². The Kier molecular flexibility index (Phi) is 14.6. The molecule has 0 fully saturated rings. The van der Waals surface area contributed by atoms with Crippen LogP contribution in [0.4, 0.5) is 4.39 Å². The van der Waals surface area contributed by atoms with Gasteiger partial charge in [0.15, 0.2) is 5.82 Å². The first-order valence-corrected chi connectivity index (χ1v) is 15.5. The Balaban J connectivity index is 1.40. The van der Waals surface area contributed by atoms with Crippen molar-refractivity contribution in [2.24, 2.45) is 0 Å². The molecule has 0 aliphatic carbocycles. The Morgan fingerprint density at radius 3 is 1.77 bits per heavy atom. The molecule has 3 rings (SSSR count). The Labute approximate surface area is 236 Å². The molecular weight excluding hydrogens is 483 g/mol. The van der Waals surface area contributed by atoms with Crippen molar-refractivity contribution >= 4 is 0 Å². The summed E-state index contributed by atoms with van der Waals surface area (Å²) in [6.45, 7) is 4.57. The van der Waals surface area contributed by atoms with Crippen molar-refractivity contribution in [1.82, 2.24) is 9.97 Å². The van der Waals surface area contributed by atoms with Gasteiger partial charge in [0.05, 0.1) is 0 Å². The van der Waals surface area contributed by atoms with E-state index in [0.29, 0.717) is 18.0 Å². The number of alkyl halides is 1. The number of aromatic nitrogens is 2. The molecule has 1 unspecified atom stereocenters. The lowest BCUT2D eigenvalue weighted by atomic mass is 10.0. The minimum atomic E-state index is -0.915. The molecule has 0 spiro atoms. The van der Waals surface area contributed by atoms with Crippen molar-refractivity contribution in [3.05, 3.63) is 66.5 Å². The summed E-state index contributed by atoms with van der Waals surface area (Å²) in [5.41, 5.74) is 4.47. The third kappa shape index (κ3) is 11.9. The first-order valence-electron chi connectivity index (χ1n) is 15.5. The van der Waals surface area contributed by atoms with Crippen LogP contribution >= 0.6 is 0 Å². The third-order valence-corrected chi connectivity index (χ3v) is 7.42. The summed E-state index contributed by atoms with van der Waals surface area (Å²) in [5, 5.41) is 0. The summed E-state index contributed by atoms with van der Waals surface area (Å²) < 4.78 is 19.8. The highest BCUT2D eigenvalue weighted by molar-refractivity contribution is 5.64. The van der Waals surface area contributed by atoms with Crippen molar-refractivity contribution < 1.29 is 9.13 Å². The average molecular weight is 533 g/mol. The lowest BCUT2D eigenvalue weighted by molar-refractivity contribution is 0.184. The second-order valence-corrected chi connectivity index (χ2v) is 10.9. The van der Waals surface area contributed by atoms with Crippen LogP contribution in [0, 0.1) is 0 Å². The Morgan fingerprint density at radius 2 is 1.15 bits per heavy atom. The molecule has 1 heterocycles. The van der Waals surface area contributed by atoms with Gasteiger partial charge in [0.1, 0.15) is 18.5 Å². The van der Waals surface area contributed by atoms with Crippen LogP contribution < -0.4 is 4.74 Å². The molecule has 0 amide bonds. The van der Waals surface area contributed by atoms with Gasteiger partial charge in [0, 0.05) is 23.5 Å². The van der Waals surface area contributed by atoms with Crippen LogP contribution in [0.15, 0.2) is 60.9 Å². The maximum atomic E-state index is 14.1. The quantitative estimate of drug-likeness (QED) is 0.136. The van der Waals surface area contributed by atoms with Crippen molar-refractivity contribution in [2.75, 3.05) is 6.61 Å². The van der Waals surface area contributed by atoms with Gasteiger partial charge in [-0.2, -0.15) is 0 Å². The summed E-state index contributed by atoms with van der Waals surface area (Å²) in [6, 6.07) is 16.4. The molecule has 0 N–H and O–H groups in total. The standard InChI is InChI=1S/C35H49FN2O/c1-3-5-7-9-10-11-13-14-16-29-18-20-30(21-19-29)32-26-37-35(38-27-32)31-22-24-34(25-23-31)39-28-33(36)17-15-12-8-6-4-2/h18-27,33H,3-17,28H2,1-2H3. The van der Waals surface area contributed by atoms with Crippen LogP contribution in [0.3, 0.4) is 0 Å². The Hall–Kier alpha value is -2.75. The molecule has 0 saturated carbocycles. The van der Waals surface area contributed by atoms with Crippen molar-refractivity contribution in [1.29, 1.82) is 0 Å². The van der Waals surface area contributed by atoms with E-state index >= 15 is 0 Å². The van der Waals surface area contributed by atoms with Crippen molar-refractivity contribution in [2.45, 2.75) is 116 Å². The zero-order valence-corrected chi connectivity index (χ0v) is 24.3. The van der Waals surface area contributed by atoms with E-state index in [9.17, 15) is 4.39 Å². The third-order valence-electron chi connectivity index (χ3n) is 7.42. The SMILES string of the molecule is CCCCCCCCCCc1ccc(-c2cnc(-c3ccc(OCC(F)CCCCCCC)cc3)nc2)cc1. The molecule has 2 aromatic carbocycles. The van der Waals surface area contributed by atoms with Crippen LogP contribution in [-0.4, -0.2) is 22.7 Å². The number of ether oxygens (including phenoxy) is 1. The van der Waals surface area contributed by atoms with Gasteiger partial charge in [-0.1, -0.05) is 115 Å². The Morgan fingerprint density at radius 1 is 0.615 bits per heavy atom. The molecule has 0 aliphatic rings. The number of hydrogen-bond donors (Lipinski definition) is 0. The minimum Gasteiger partial charge on any atom is -0.491 e. The zero-order valence-electron chi connectivity index (χ0n) is 24.3. The molecule has 0 radical (unpaired) electrons. The first-order chi connectivity index (χ1) is 19.2. The topological polar surface area (TPSA) is 35.0 Å². The lowest BCUT2D eigenvalue weighted by Gasteiger charge is -2.11. The van der Waals surface area contributed by atoms with Gasteiger partial charge in [-0.3, -0.25) is 0 Å². The van der Waals surface area contributed by atoms with Gasteiger partial charge in [-0.15, -0.1) is 0 Å². The highest BCUT2D eigenvalue weighted by atomic mass is 19.1. The van der Waals surface area contributed by atoms with Gasteiger partial charge in [-0.25, -0.2) is 14.4 Å². The van der Waals surface area contributed by atoms with Gasteiger partial charge in [-0.05, 0) is 54.7 Å². The summed E-state index contributed by atoms with van der Waals surface area (Å²) in [6.07, 6.45) is 21.1. The summed E-state index contributed by atoms with van der Waals surface area (Å²) in [5.74, 6) is 1.35. The van der Waals surface area contributed by atoms with E-state index in [0.717, 1.165) is 36.0 Å². The molecule has 212 valence electrons. The maximum absolute atomic E-state index is 14.1. The molecule has 0 saturated heterocycles. The van der Waals surface area contributed by atoms with Crippen LogP contribution in [0.1, 0.15) is 109 Å². The van der Waals surface area contributed by atoms with Crippen molar-refractivity contribution in [3.63, 3.8) is 0 Å². The summed E-state index contributed by atoms with van der Waals surface area (Å²) in [7, 11) is 0. The van der Waals surface area contributed by atoms with Crippen LogP contribution in [0.25, 0.3) is 22.5 Å². The van der Waals surface area contributed by atoms with Crippen molar-refractivity contribution in [3.8, 4) is 28.3 Å². The van der Waals surface area contributed by atoms with E-state index < -0.39 is 6.17 Å². The van der Waals surface area contributed by atoms with E-state index in [1.54, 1.807) is 0 Å². The first kappa shape index (κ1) is 30.8. The monoisotopic (exact) mass is 532 g/mol. The summed E-state index contributed by atoms with van der Waals surface area (Å²) in [4.78, 5) is 9.18. The number of benzene rings is 2. The molecule has 1 atom stereocenters. The summed E-state index contributed by atoms with van der Waals surface area (Å²) >= 11 is 0. The maximum Gasteiger partial charge on any atom is 0.159 e. The van der Waals surface area contributed by atoms with E-state index in [2.05, 4.69) is 48.1 Å². The molecular formula is C35H49FN2O. The van der Waals surface area contributed by atoms with Gasteiger partial charge in [0.25, 0.3) is 0 Å². The molecule has 39 heavy (non-hydrogen) atoms. The largest absolute Gasteiger partial charge is 0.491 e. The predicted molar refractivity (Wildman–Crippen MR) is 163 cm³/mol. The van der Waals surface area contributed by atoms with Gasteiger partial charge >= 0.3 is 0 Å². The van der Waals surface area contributed by atoms with Crippen LogP contribution in [0.2, 0.25) is 0 Å². The Bertz CT molecular complexity index is 1020. The van der Waals surface area contributed by atoms with E-state index in [1.807, 2.05) is 36.7 Å². The fourth-order valence-corrected chi connectivity index (χ4v) is 4.89. The molecule has 1 aromatic heterocycles. The number of unbranched alkanes of at least 4 members (excludes halogenated alkanes) is 11. The minimum absolute atomic E-state index is 0.107. The molecule has 4 heteroatoms. The number of hydrogen-bond acceptors (Lipinski definition) is 3. The zero-order chi connectivity index (χ0) is 27.5. The van der Waals surface area contributed by atoms with Gasteiger partial charge < -0.3 is 4.74 Å². The normalized spacial score (nSPS) is 12.0. The average Bonchev–Trinajstić information content (AvgIpc) is 2.98. The fraction of sp³-hybridized carbons (Fsp3) is 0.543. The fourth-order valence-electron chi connectivity index (χ4n) is 4.89. The molecule has 0 aliphatic heterocycles. The number of halogens is 1. The molecule has 3 nitrogen and oxygen atoms in total. The highest BCUT2D eigenvalue weighted by Gasteiger charge is 2.09. The number of rotatable bonds is 20. The molecule has 0 bridgehead atoms. The lowest BCUT2D eigenvalue weighted by Crippen LogP contribution is -2.12. The number of nitrogens with zero attached hydrogens (tertiary/aromatic N) is 2.